The van der Waals surface area contributed by atoms with Crippen LogP contribution in [0.5, 0.6) is 0 Å². The van der Waals surface area contributed by atoms with Crippen LogP contribution in [0.25, 0.3) is 0 Å². The van der Waals surface area contributed by atoms with Crippen molar-refractivity contribution in [2.24, 2.45) is 5.73 Å². The monoisotopic (exact) mass is 121 g/mol. The fourth-order valence-electron chi connectivity index (χ4n) is 0.355. The van der Waals surface area contributed by atoms with Gasteiger partial charge in [0.2, 0.25) is 0 Å². The van der Waals surface area contributed by atoms with Crippen molar-refractivity contribution >= 4 is 0 Å². The Hall–Kier alpha value is -1.20. The van der Waals surface area contributed by atoms with Crippen molar-refractivity contribution < 1.29 is 0 Å². The average molecular weight is 121 g/mol. The Kier molecular flexibility index (Phi) is 3.26. The molecule has 1 heteroatoms. The van der Waals surface area contributed by atoms with E-state index in [0.717, 1.165) is 5.57 Å². The maximum atomic E-state index is 5.37. The van der Waals surface area contributed by atoms with Gasteiger partial charge in [0.1, 0.15) is 0 Å². The quantitative estimate of drug-likeness (QED) is 0.437. The standard InChI is InChI=1S/C8H11N/c1-4-7(3)6-8(9)5-2/h4,6H,1-2,9H2,3H3. The Labute approximate surface area is 55.9 Å². The minimum atomic E-state index is 0.549. The van der Waals surface area contributed by atoms with E-state index in [0.29, 0.717) is 5.70 Å². The van der Waals surface area contributed by atoms with Crippen LogP contribution in [0, 0.1) is 0 Å². The van der Waals surface area contributed by atoms with Crippen LogP contribution in [0.3, 0.4) is 0 Å². The SMILES string of the molecule is C=C=C(N)C=C(C)C=C. The maximum absolute atomic E-state index is 5.37. The molecule has 0 rings (SSSR count). The second-order valence-corrected chi connectivity index (χ2v) is 1.72. The largest absolute Gasteiger partial charge is 0.392 e. The molecule has 0 saturated carbocycles. The van der Waals surface area contributed by atoms with E-state index in [9.17, 15) is 0 Å². The molecule has 9 heavy (non-hydrogen) atoms. The van der Waals surface area contributed by atoms with Crippen LogP contribution < -0.4 is 5.73 Å². The molecule has 0 aliphatic carbocycles. The Morgan fingerprint density at radius 3 is 2.56 bits per heavy atom. The molecule has 2 N–H and O–H groups in total. The van der Waals surface area contributed by atoms with E-state index in [1.807, 2.05) is 6.92 Å². The van der Waals surface area contributed by atoms with Crippen molar-refractivity contribution in [2.45, 2.75) is 6.92 Å². The average Bonchev–Trinajstić information content (AvgIpc) is 1.87. The Morgan fingerprint density at radius 2 is 2.22 bits per heavy atom. The second kappa shape index (κ2) is 3.76. The highest BCUT2D eigenvalue weighted by atomic mass is 14.5. The van der Waals surface area contributed by atoms with Gasteiger partial charge in [-0.25, -0.2) is 0 Å². The molecule has 0 aliphatic heterocycles. The highest BCUT2D eigenvalue weighted by Gasteiger charge is 1.79. The molecule has 0 aromatic carbocycles. The first-order chi connectivity index (χ1) is 4.20. The predicted octanol–water partition coefficient (Wildman–Crippen LogP) is 1.75. The highest BCUT2D eigenvalue weighted by Crippen LogP contribution is 1.94. The zero-order valence-corrected chi connectivity index (χ0v) is 5.65. The van der Waals surface area contributed by atoms with Gasteiger partial charge in [-0.3, -0.25) is 0 Å². The van der Waals surface area contributed by atoms with Crippen molar-refractivity contribution in [3.8, 4) is 0 Å². The third kappa shape index (κ3) is 3.39. The molecule has 0 spiro atoms. The van der Waals surface area contributed by atoms with E-state index in [4.69, 9.17) is 5.73 Å². The van der Waals surface area contributed by atoms with E-state index in [1.54, 1.807) is 12.2 Å². The molecule has 0 unspecified atom stereocenters. The predicted molar refractivity (Wildman–Crippen MR) is 40.8 cm³/mol. The second-order valence-electron chi connectivity index (χ2n) is 1.72. The summed E-state index contributed by atoms with van der Waals surface area (Å²) >= 11 is 0. The minimum Gasteiger partial charge on any atom is -0.392 e. The number of allylic oxidation sites excluding steroid dienone is 3. The van der Waals surface area contributed by atoms with E-state index < -0.39 is 0 Å². The van der Waals surface area contributed by atoms with Crippen molar-refractivity contribution in [2.75, 3.05) is 0 Å². The third-order valence-electron chi connectivity index (χ3n) is 0.909. The summed E-state index contributed by atoms with van der Waals surface area (Å²) in [4.78, 5) is 0. The molecule has 0 fully saturated rings. The lowest BCUT2D eigenvalue weighted by molar-refractivity contribution is 1.39. The van der Waals surface area contributed by atoms with Crippen LogP contribution in [0.4, 0.5) is 0 Å². The lowest BCUT2D eigenvalue weighted by Gasteiger charge is -1.88. The van der Waals surface area contributed by atoms with Gasteiger partial charge in [-0.15, -0.1) is 5.73 Å². The molecule has 0 aliphatic rings. The Balaban J connectivity index is 4.29. The Bertz CT molecular complexity index is 181. The first-order valence-electron chi connectivity index (χ1n) is 2.67. The molecule has 0 heterocycles. The minimum absolute atomic E-state index is 0.549. The van der Waals surface area contributed by atoms with Crippen LogP contribution in [0.2, 0.25) is 0 Å². The molecule has 0 amide bonds. The van der Waals surface area contributed by atoms with Crippen molar-refractivity contribution in [1.29, 1.82) is 0 Å². The first-order valence-corrected chi connectivity index (χ1v) is 2.67. The summed E-state index contributed by atoms with van der Waals surface area (Å²) in [5.74, 6) is 0. The van der Waals surface area contributed by atoms with Crippen molar-refractivity contribution in [3.05, 3.63) is 42.3 Å². The summed E-state index contributed by atoms with van der Waals surface area (Å²) in [6, 6.07) is 0. The lowest BCUT2D eigenvalue weighted by Crippen LogP contribution is -1.90. The molecule has 0 radical (unpaired) electrons. The van der Waals surface area contributed by atoms with Crippen LogP contribution in [-0.4, -0.2) is 0 Å². The first kappa shape index (κ1) is 7.80. The van der Waals surface area contributed by atoms with Gasteiger partial charge in [-0.1, -0.05) is 19.2 Å². The van der Waals surface area contributed by atoms with E-state index in [2.05, 4.69) is 18.9 Å². The number of hydrogen-bond donors (Lipinski definition) is 1. The molecule has 48 valence electrons. The summed E-state index contributed by atoms with van der Waals surface area (Å²) in [6.07, 6.45) is 3.49. The van der Waals surface area contributed by atoms with Crippen LogP contribution in [0.15, 0.2) is 42.3 Å². The van der Waals surface area contributed by atoms with Gasteiger partial charge < -0.3 is 5.73 Å². The summed E-state index contributed by atoms with van der Waals surface area (Å²) in [6.45, 7) is 8.86. The number of nitrogens with two attached hydrogens (primary N) is 1. The van der Waals surface area contributed by atoms with Gasteiger partial charge in [-0.2, -0.15) is 0 Å². The maximum Gasteiger partial charge on any atom is 0.0744 e. The van der Waals surface area contributed by atoms with E-state index in [1.165, 1.54) is 0 Å². The van der Waals surface area contributed by atoms with E-state index >= 15 is 0 Å². The third-order valence-corrected chi connectivity index (χ3v) is 0.909. The van der Waals surface area contributed by atoms with Crippen LogP contribution >= 0.6 is 0 Å². The summed E-state index contributed by atoms with van der Waals surface area (Å²) in [7, 11) is 0. The Morgan fingerprint density at radius 1 is 1.67 bits per heavy atom. The molecule has 0 saturated heterocycles. The normalized spacial score (nSPS) is 10.1. The fraction of sp³-hybridized carbons (Fsp3) is 0.125. The zero-order chi connectivity index (χ0) is 7.28. The molecular weight excluding hydrogens is 110 g/mol. The summed E-state index contributed by atoms with van der Waals surface area (Å²) in [5, 5.41) is 0. The zero-order valence-electron chi connectivity index (χ0n) is 5.65. The summed E-state index contributed by atoms with van der Waals surface area (Å²) < 4.78 is 0. The van der Waals surface area contributed by atoms with E-state index in [-0.39, 0.29) is 0 Å². The molecule has 0 bridgehead atoms. The van der Waals surface area contributed by atoms with Crippen LogP contribution in [0.1, 0.15) is 6.92 Å². The van der Waals surface area contributed by atoms with Gasteiger partial charge in [0.15, 0.2) is 0 Å². The lowest BCUT2D eigenvalue weighted by atomic mass is 10.2. The van der Waals surface area contributed by atoms with Gasteiger partial charge >= 0.3 is 0 Å². The smallest absolute Gasteiger partial charge is 0.0744 e. The van der Waals surface area contributed by atoms with Gasteiger partial charge in [0.25, 0.3) is 0 Å². The van der Waals surface area contributed by atoms with Crippen molar-refractivity contribution in [3.63, 3.8) is 0 Å². The van der Waals surface area contributed by atoms with Crippen LogP contribution in [-0.2, 0) is 0 Å². The number of rotatable bonds is 2. The molecular formula is C8H11N. The number of hydrogen-bond acceptors (Lipinski definition) is 1. The van der Waals surface area contributed by atoms with Crippen molar-refractivity contribution in [1.82, 2.24) is 0 Å². The topological polar surface area (TPSA) is 26.0 Å². The molecule has 0 aromatic rings. The van der Waals surface area contributed by atoms with Gasteiger partial charge in [0.05, 0.1) is 5.70 Å². The van der Waals surface area contributed by atoms with Gasteiger partial charge in [-0.05, 0) is 18.6 Å². The highest BCUT2D eigenvalue weighted by molar-refractivity contribution is 5.24. The fourth-order valence-corrected chi connectivity index (χ4v) is 0.355. The molecule has 0 atom stereocenters. The molecule has 1 nitrogen and oxygen atoms in total. The summed E-state index contributed by atoms with van der Waals surface area (Å²) in [5.41, 5.74) is 9.48. The molecule has 0 aromatic heterocycles. The van der Waals surface area contributed by atoms with Gasteiger partial charge in [0, 0.05) is 0 Å².